The average Bonchev–Trinajstić information content (AvgIpc) is 2.13. The molecule has 0 aromatic carbocycles. The third kappa shape index (κ3) is 1.01. The Morgan fingerprint density at radius 2 is 2.14 bits per heavy atom. The summed E-state index contributed by atoms with van der Waals surface area (Å²) in [6.45, 7) is 0. The summed E-state index contributed by atoms with van der Waals surface area (Å²) in [6.07, 6.45) is 0.882. The van der Waals surface area contributed by atoms with Gasteiger partial charge in [-0.3, -0.25) is 0 Å². The predicted octanol–water partition coefficient (Wildman–Crippen LogP) is 1.15. The van der Waals surface area contributed by atoms with Crippen molar-refractivity contribution in [2.75, 3.05) is 7.05 Å². The van der Waals surface area contributed by atoms with E-state index in [1.807, 2.05) is 7.05 Å². The van der Waals surface area contributed by atoms with Crippen LogP contribution in [0.5, 0.6) is 0 Å². The van der Waals surface area contributed by atoms with E-state index >= 15 is 0 Å². The van der Waals surface area contributed by atoms with Crippen molar-refractivity contribution in [3.8, 4) is 0 Å². The predicted molar refractivity (Wildman–Crippen MR) is 31.9 cm³/mol. The molecule has 0 aromatic rings. The van der Waals surface area contributed by atoms with E-state index in [0.717, 1.165) is 6.42 Å². The molecule has 1 nitrogen and oxygen atoms in total. The maximum absolute atomic E-state index is 5.61. The first kappa shape index (κ1) is 5.67. The molecule has 42 valence electrons. The van der Waals surface area contributed by atoms with E-state index in [9.17, 15) is 0 Å². The van der Waals surface area contributed by atoms with E-state index in [1.54, 1.807) is 0 Å². The molecule has 0 aromatic heterocycles. The first-order chi connectivity index (χ1) is 3.17. The highest BCUT2D eigenvalue weighted by Gasteiger charge is 2.50. The van der Waals surface area contributed by atoms with Crippen molar-refractivity contribution in [3.05, 3.63) is 0 Å². The molecule has 0 aliphatic heterocycles. The van der Waals surface area contributed by atoms with E-state index in [0.29, 0.717) is 6.04 Å². The molecule has 1 atom stereocenters. The average molecular weight is 140 g/mol. The molecule has 1 N–H and O–H groups in total. The number of alkyl halides is 2. The molecule has 0 heterocycles. The van der Waals surface area contributed by atoms with Gasteiger partial charge in [0, 0.05) is 12.5 Å². The van der Waals surface area contributed by atoms with E-state index in [1.165, 1.54) is 0 Å². The quantitative estimate of drug-likeness (QED) is 0.538. The molecule has 7 heavy (non-hydrogen) atoms. The van der Waals surface area contributed by atoms with E-state index in [-0.39, 0.29) is 0 Å². The van der Waals surface area contributed by atoms with Crippen LogP contribution in [0.1, 0.15) is 6.42 Å². The second kappa shape index (κ2) is 1.51. The van der Waals surface area contributed by atoms with Crippen LogP contribution in [0, 0.1) is 0 Å². The molecule has 1 aliphatic rings. The molecule has 1 rings (SSSR count). The summed E-state index contributed by atoms with van der Waals surface area (Å²) < 4.78 is -0.450. The second-order valence-electron chi connectivity index (χ2n) is 1.81. The van der Waals surface area contributed by atoms with Crippen LogP contribution < -0.4 is 5.32 Å². The molecule has 1 saturated carbocycles. The summed E-state index contributed by atoms with van der Waals surface area (Å²) >= 11 is 11.2. The molecule has 0 amide bonds. The van der Waals surface area contributed by atoms with E-state index < -0.39 is 4.33 Å². The molecule has 0 spiro atoms. The minimum Gasteiger partial charge on any atom is -0.314 e. The number of hydrogen-bond donors (Lipinski definition) is 1. The number of rotatable bonds is 1. The van der Waals surface area contributed by atoms with Crippen molar-refractivity contribution >= 4 is 23.2 Å². The third-order valence-corrected chi connectivity index (χ3v) is 2.01. The zero-order valence-electron chi connectivity index (χ0n) is 4.04. The Hall–Kier alpha value is 0.540. The van der Waals surface area contributed by atoms with Crippen molar-refractivity contribution in [3.63, 3.8) is 0 Å². The van der Waals surface area contributed by atoms with Crippen molar-refractivity contribution in [2.24, 2.45) is 0 Å². The Morgan fingerprint density at radius 1 is 1.71 bits per heavy atom. The Balaban J connectivity index is 2.30. The molecule has 3 heteroatoms. The summed E-state index contributed by atoms with van der Waals surface area (Å²) in [5, 5.41) is 2.97. The standard InChI is InChI=1S/C4H7Cl2N/c1-7-3-2-4(3,5)6/h3,7H,2H2,1H3. The molecule has 1 fully saturated rings. The maximum Gasteiger partial charge on any atom is 0.135 e. The summed E-state index contributed by atoms with van der Waals surface area (Å²) in [7, 11) is 1.86. The van der Waals surface area contributed by atoms with Crippen LogP contribution in [0.2, 0.25) is 0 Å². The highest BCUT2D eigenvalue weighted by Crippen LogP contribution is 2.46. The molecule has 0 saturated heterocycles. The van der Waals surface area contributed by atoms with Crippen molar-refractivity contribution in [1.29, 1.82) is 0 Å². The van der Waals surface area contributed by atoms with Gasteiger partial charge in [-0.2, -0.15) is 0 Å². The minimum atomic E-state index is -0.450. The van der Waals surface area contributed by atoms with Crippen LogP contribution in [0.4, 0.5) is 0 Å². The van der Waals surface area contributed by atoms with Gasteiger partial charge in [-0.25, -0.2) is 0 Å². The number of nitrogens with one attached hydrogen (secondary N) is 1. The summed E-state index contributed by atoms with van der Waals surface area (Å²) in [4.78, 5) is 0. The zero-order chi connectivity index (χ0) is 5.49. The minimum absolute atomic E-state index is 0.329. The van der Waals surface area contributed by atoms with Crippen LogP contribution in [-0.2, 0) is 0 Å². The monoisotopic (exact) mass is 139 g/mol. The van der Waals surface area contributed by atoms with Crippen molar-refractivity contribution < 1.29 is 0 Å². The van der Waals surface area contributed by atoms with Crippen LogP contribution in [0.15, 0.2) is 0 Å². The van der Waals surface area contributed by atoms with Crippen molar-refractivity contribution in [1.82, 2.24) is 5.32 Å². The fourth-order valence-corrected chi connectivity index (χ4v) is 1.05. The second-order valence-corrected chi connectivity index (χ2v) is 3.35. The highest BCUT2D eigenvalue weighted by atomic mass is 35.5. The van der Waals surface area contributed by atoms with Gasteiger partial charge in [0.2, 0.25) is 0 Å². The Morgan fingerprint density at radius 3 is 2.14 bits per heavy atom. The molecule has 0 bridgehead atoms. The van der Waals surface area contributed by atoms with Gasteiger partial charge in [-0.05, 0) is 7.05 Å². The summed E-state index contributed by atoms with van der Waals surface area (Å²) in [5.74, 6) is 0. The molecular weight excluding hydrogens is 133 g/mol. The fourth-order valence-electron chi connectivity index (χ4n) is 0.526. The maximum atomic E-state index is 5.61. The zero-order valence-corrected chi connectivity index (χ0v) is 5.55. The molecular formula is C4H7Cl2N. The van der Waals surface area contributed by atoms with Crippen LogP contribution in [-0.4, -0.2) is 17.4 Å². The van der Waals surface area contributed by atoms with Gasteiger partial charge < -0.3 is 5.32 Å². The van der Waals surface area contributed by atoms with E-state index in [2.05, 4.69) is 5.32 Å². The van der Waals surface area contributed by atoms with Gasteiger partial charge in [-0.15, -0.1) is 0 Å². The molecule has 1 aliphatic carbocycles. The van der Waals surface area contributed by atoms with Crippen molar-refractivity contribution in [2.45, 2.75) is 16.8 Å². The van der Waals surface area contributed by atoms with Gasteiger partial charge in [0.1, 0.15) is 4.33 Å². The number of halogens is 2. The lowest BCUT2D eigenvalue weighted by Crippen LogP contribution is -2.14. The van der Waals surface area contributed by atoms with Gasteiger partial charge in [0.25, 0.3) is 0 Å². The van der Waals surface area contributed by atoms with Gasteiger partial charge in [0.15, 0.2) is 0 Å². The first-order valence-corrected chi connectivity index (χ1v) is 2.97. The fraction of sp³-hybridized carbons (Fsp3) is 1.00. The number of hydrogen-bond acceptors (Lipinski definition) is 1. The first-order valence-electron chi connectivity index (χ1n) is 2.22. The lowest BCUT2D eigenvalue weighted by molar-refractivity contribution is 0.802. The third-order valence-electron chi connectivity index (χ3n) is 1.17. The van der Waals surface area contributed by atoms with E-state index in [4.69, 9.17) is 23.2 Å². The van der Waals surface area contributed by atoms with Gasteiger partial charge in [-0.1, -0.05) is 23.2 Å². The van der Waals surface area contributed by atoms with Gasteiger partial charge in [0.05, 0.1) is 0 Å². The Labute approximate surface area is 53.0 Å². The van der Waals surface area contributed by atoms with Crippen LogP contribution in [0.3, 0.4) is 0 Å². The summed E-state index contributed by atoms with van der Waals surface area (Å²) in [5.41, 5.74) is 0. The largest absolute Gasteiger partial charge is 0.314 e. The van der Waals surface area contributed by atoms with Crippen LogP contribution in [0.25, 0.3) is 0 Å². The topological polar surface area (TPSA) is 12.0 Å². The Kier molecular flexibility index (Phi) is 1.22. The molecule has 0 radical (unpaired) electrons. The van der Waals surface area contributed by atoms with Gasteiger partial charge >= 0.3 is 0 Å². The summed E-state index contributed by atoms with van der Waals surface area (Å²) in [6, 6.07) is 0.329. The lowest BCUT2D eigenvalue weighted by atomic mass is 10.7. The molecule has 1 unspecified atom stereocenters. The van der Waals surface area contributed by atoms with Crippen LogP contribution >= 0.6 is 23.2 Å². The smallest absolute Gasteiger partial charge is 0.135 e. The SMILES string of the molecule is CNC1CC1(Cl)Cl. The highest BCUT2D eigenvalue weighted by molar-refractivity contribution is 6.51. The lowest BCUT2D eigenvalue weighted by Gasteiger charge is -1.92. The normalized spacial score (nSPS) is 35.6. The Bertz CT molecular complexity index is 81.8.